The van der Waals surface area contributed by atoms with E-state index in [9.17, 15) is 4.79 Å². The number of aryl methyl sites for hydroxylation is 1. The molecule has 138 valence electrons. The second kappa shape index (κ2) is 7.23. The number of amides is 1. The highest BCUT2D eigenvalue weighted by molar-refractivity contribution is 5.78. The molecule has 2 aliphatic rings. The second-order valence-electron chi connectivity index (χ2n) is 7.93. The van der Waals surface area contributed by atoms with Gasteiger partial charge in [-0.2, -0.15) is 0 Å². The number of pyridine rings is 1. The van der Waals surface area contributed by atoms with Crippen LogP contribution in [0.15, 0.2) is 41.1 Å². The van der Waals surface area contributed by atoms with Crippen molar-refractivity contribution in [2.24, 2.45) is 5.41 Å². The Hall–Kier alpha value is -2.14. The highest BCUT2D eigenvalue weighted by atomic mass is 16.3. The van der Waals surface area contributed by atoms with Gasteiger partial charge >= 0.3 is 0 Å². The normalized spacial score (nSPS) is 23.7. The third-order valence-electron chi connectivity index (χ3n) is 5.79. The SMILES string of the molecule is Cc1ccc(CN2CC[C@@]3(CCCN(C(=O)Cc4cccnc4)C3)C2)o1. The monoisotopic (exact) mass is 353 g/mol. The van der Waals surface area contributed by atoms with E-state index in [0.29, 0.717) is 6.42 Å². The summed E-state index contributed by atoms with van der Waals surface area (Å²) >= 11 is 0. The van der Waals surface area contributed by atoms with Crippen molar-refractivity contribution < 1.29 is 9.21 Å². The van der Waals surface area contributed by atoms with E-state index in [2.05, 4.69) is 20.9 Å². The first kappa shape index (κ1) is 17.3. The zero-order valence-electron chi connectivity index (χ0n) is 15.5. The first-order valence-electron chi connectivity index (χ1n) is 9.56. The molecule has 0 bridgehead atoms. The molecule has 2 aromatic heterocycles. The Balaban J connectivity index is 1.36. The molecule has 0 radical (unpaired) electrons. The predicted molar refractivity (Wildman–Crippen MR) is 99.5 cm³/mol. The number of aromatic nitrogens is 1. The van der Waals surface area contributed by atoms with E-state index in [1.807, 2.05) is 25.1 Å². The van der Waals surface area contributed by atoms with Crippen LogP contribution in [0.2, 0.25) is 0 Å². The Bertz CT molecular complexity index is 758. The number of likely N-dealkylation sites (tertiary alicyclic amines) is 2. The van der Waals surface area contributed by atoms with Crippen molar-refractivity contribution in [1.82, 2.24) is 14.8 Å². The molecular weight excluding hydrogens is 326 g/mol. The highest BCUT2D eigenvalue weighted by Gasteiger charge is 2.42. The van der Waals surface area contributed by atoms with Crippen LogP contribution in [0.5, 0.6) is 0 Å². The van der Waals surface area contributed by atoms with Gasteiger partial charge < -0.3 is 9.32 Å². The molecule has 2 aliphatic heterocycles. The Labute approximate surface area is 155 Å². The molecule has 4 rings (SSSR count). The topological polar surface area (TPSA) is 49.6 Å². The maximum atomic E-state index is 12.8. The summed E-state index contributed by atoms with van der Waals surface area (Å²) in [6, 6.07) is 7.98. The minimum Gasteiger partial charge on any atom is -0.465 e. The van der Waals surface area contributed by atoms with E-state index in [0.717, 1.165) is 56.2 Å². The number of furan rings is 1. The summed E-state index contributed by atoms with van der Waals surface area (Å²) in [4.78, 5) is 21.4. The molecule has 0 aromatic carbocycles. The standard InChI is InChI=1S/C21H27N3O2/c1-17-5-6-19(26-17)14-23-11-8-21(15-23)7-3-10-24(16-21)20(25)12-18-4-2-9-22-13-18/h2,4-6,9,13H,3,7-8,10-12,14-16H2,1H3/t21-/m0/s1. The van der Waals surface area contributed by atoms with Crippen LogP contribution >= 0.6 is 0 Å². The van der Waals surface area contributed by atoms with Crippen LogP contribution in [0.3, 0.4) is 0 Å². The van der Waals surface area contributed by atoms with Crippen molar-refractivity contribution in [1.29, 1.82) is 0 Å². The zero-order valence-corrected chi connectivity index (χ0v) is 15.5. The lowest BCUT2D eigenvalue weighted by molar-refractivity contribution is -0.133. The van der Waals surface area contributed by atoms with E-state index < -0.39 is 0 Å². The quantitative estimate of drug-likeness (QED) is 0.848. The van der Waals surface area contributed by atoms with Crippen LogP contribution < -0.4 is 0 Å². The van der Waals surface area contributed by atoms with Gasteiger partial charge in [-0.25, -0.2) is 0 Å². The average Bonchev–Trinajstić information content (AvgIpc) is 3.22. The van der Waals surface area contributed by atoms with Crippen LogP contribution in [0, 0.1) is 12.3 Å². The van der Waals surface area contributed by atoms with Gasteiger partial charge in [-0.15, -0.1) is 0 Å². The van der Waals surface area contributed by atoms with Crippen molar-refractivity contribution in [3.05, 3.63) is 53.7 Å². The predicted octanol–water partition coefficient (Wildman–Crippen LogP) is 3.04. The molecular formula is C21H27N3O2. The van der Waals surface area contributed by atoms with E-state index in [-0.39, 0.29) is 11.3 Å². The van der Waals surface area contributed by atoms with Crippen molar-refractivity contribution in [3.8, 4) is 0 Å². The molecule has 5 heteroatoms. The summed E-state index contributed by atoms with van der Waals surface area (Å²) in [6.45, 7) is 6.78. The summed E-state index contributed by atoms with van der Waals surface area (Å²) in [6.07, 6.45) is 7.49. The number of piperidine rings is 1. The van der Waals surface area contributed by atoms with Crippen LogP contribution in [-0.4, -0.2) is 46.9 Å². The summed E-state index contributed by atoms with van der Waals surface area (Å²) in [5.41, 5.74) is 1.25. The largest absolute Gasteiger partial charge is 0.465 e. The Morgan fingerprint density at radius 2 is 2.15 bits per heavy atom. The number of nitrogens with zero attached hydrogens (tertiary/aromatic N) is 3. The molecule has 1 atom stereocenters. The smallest absolute Gasteiger partial charge is 0.227 e. The minimum atomic E-state index is 0.234. The third kappa shape index (κ3) is 3.83. The van der Waals surface area contributed by atoms with Crippen LogP contribution in [0.4, 0.5) is 0 Å². The fraction of sp³-hybridized carbons (Fsp3) is 0.524. The van der Waals surface area contributed by atoms with Gasteiger partial charge in [-0.1, -0.05) is 6.07 Å². The maximum absolute atomic E-state index is 12.8. The Kier molecular flexibility index (Phi) is 4.81. The number of carbonyl (C=O) groups is 1. The lowest BCUT2D eigenvalue weighted by Gasteiger charge is -2.40. The molecule has 2 aromatic rings. The number of rotatable bonds is 4. The summed E-state index contributed by atoms with van der Waals surface area (Å²) in [7, 11) is 0. The van der Waals surface area contributed by atoms with Crippen LogP contribution in [-0.2, 0) is 17.8 Å². The molecule has 2 fully saturated rings. The van der Waals surface area contributed by atoms with Gasteiger partial charge in [0.05, 0.1) is 13.0 Å². The molecule has 1 amide bonds. The number of hydrogen-bond acceptors (Lipinski definition) is 4. The van der Waals surface area contributed by atoms with E-state index in [1.165, 1.54) is 12.8 Å². The molecule has 26 heavy (non-hydrogen) atoms. The molecule has 5 nitrogen and oxygen atoms in total. The average molecular weight is 353 g/mol. The lowest BCUT2D eigenvalue weighted by atomic mass is 9.79. The molecule has 2 saturated heterocycles. The number of hydrogen-bond donors (Lipinski definition) is 0. The minimum absolute atomic E-state index is 0.234. The fourth-order valence-electron chi connectivity index (χ4n) is 4.50. The van der Waals surface area contributed by atoms with Crippen molar-refractivity contribution >= 4 is 5.91 Å². The molecule has 0 aliphatic carbocycles. The second-order valence-corrected chi connectivity index (χ2v) is 7.93. The van der Waals surface area contributed by atoms with Crippen LogP contribution in [0.1, 0.15) is 36.3 Å². The van der Waals surface area contributed by atoms with E-state index >= 15 is 0 Å². The summed E-state index contributed by atoms with van der Waals surface area (Å²) in [5.74, 6) is 2.25. The molecule has 0 N–H and O–H groups in total. The van der Waals surface area contributed by atoms with Gasteiger partial charge in [0, 0.05) is 37.4 Å². The van der Waals surface area contributed by atoms with E-state index in [4.69, 9.17) is 4.42 Å². The Morgan fingerprint density at radius 3 is 2.92 bits per heavy atom. The van der Waals surface area contributed by atoms with E-state index in [1.54, 1.807) is 12.4 Å². The van der Waals surface area contributed by atoms with Gasteiger partial charge in [0.2, 0.25) is 5.91 Å². The first-order chi connectivity index (χ1) is 12.6. The maximum Gasteiger partial charge on any atom is 0.227 e. The first-order valence-corrected chi connectivity index (χ1v) is 9.56. The van der Waals surface area contributed by atoms with Gasteiger partial charge in [0.25, 0.3) is 0 Å². The molecule has 1 spiro atoms. The van der Waals surface area contributed by atoms with Gasteiger partial charge in [-0.3, -0.25) is 14.7 Å². The highest BCUT2D eigenvalue weighted by Crippen LogP contribution is 2.39. The Morgan fingerprint density at radius 1 is 1.23 bits per heavy atom. The van der Waals surface area contributed by atoms with Gasteiger partial charge in [-0.05, 0) is 56.5 Å². The van der Waals surface area contributed by atoms with Crippen LogP contribution in [0.25, 0.3) is 0 Å². The lowest BCUT2D eigenvalue weighted by Crippen LogP contribution is -2.47. The van der Waals surface area contributed by atoms with Crippen molar-refractivity contribution in [3.63, 3.8) is 0 Å². The fourth-order valence-corrected chi connectivity index (χ4v) is 4.50. The summed E-state index contributed by atoms with van der Waals surface area (Å²) < 4.78 is 5.73. The molecule has 0 unspecified atom stereocenters. The van der Waals surface area contributed by atoms with Crippen molar-refractivity contribution in [2.45, 2.75) is 39.2 Å². The zero-order chi connectivity index (χ0) is 18.0. The molecule has 4 heterocycles. The molecule has 0 saturated carbocycles. The third-order valence-corrected chi connectivity index (χ3v) is 5.79. The number of carbonyl (C=O) groups excluding carboxylic acids is 1. The summed E-state index contributed by atoms with van der Waals surface area (Å²) in [5, 5.41) is 0. The van der Waals surface area contributed by atoms with Gasteiger partial charge in [0.1, 0.15) is 11.5 Å². The van der Waals surface area contributed by atoms with Crippen molar-refractivity contribution in [2.75, 3.05) is 26.2 Å². The van der Waals surface area contributed by atoms with Gasteiger partial charge in [0.15, 0.2) is 0 Å².